The maximum absolute atomic E-state index is 13.4. The first-order chi connectivity index (χ1) is 15.1. The monoisotopic (exact) mass is 445 g/mol. The van der Waals surface area contributed by atoms with Crippen LogP contribution in [0.2, 0.25) is 0 Å². The molecule has 2 aliphatic heterocycles. The van der Waals surface area contributed by atoms with Gasteiger partial charge in [0.05, 0.1) is 23.8 Å². The van der Waals surface area contributed by atoms with Crippen molar-refractivity contribution < 1.29 is 23.1 Å². The van der Waals surface area contributed by atoms with Crippen LogP contribution in [0.1, 0.15) is 66.3 Å². The Morgan fingerprint density at radius 3 is 2.81 bits per heavy atom. The predicted octanol–water partition coefficient (Wildman–Crippen LogP) is 2.72. The summed E-state index contributed by atoms with van der Waals surface area (Å²) >= 11 is 0. The number of nitrogens with zero attached hydrogens (tertiary/aromatic N) is 4. The molecule has 2 aromatic rings. The maximum atomic E-state index is 13.4. The summed E-state index contributed by atoms with van der Waals surface area (Å²) in [5, 5.41) is 7.08. The fourth-order valence-corrected chi connectivity index (χ4v) is 4.48. The van der Waals surface area contributed by atoms with Gasteiger partial charge in [0.25, 0.3) is 17.7 Å². The van der Waals surface area contributed by atoms with Crippen LogP contribution < -0.4 is 10.2 Å². The molecular weight excluding hydrogens is 420 g/mol. The molecule has 1 N–H and O–H groups in total. The summed E-state index contributed by atoms with van der Waals surface area (Å²) in [6.45, 7) is 4.79. The number of alkyl halides is 2. The van der Waals surface area contributed by atoms with Crippen LogP contribution in [-0.4, -0.2) is 45.6 Å². The molecule has 1 aliphatic carbocycles. The highest BCUT2D eigenvalue weighted by Crippen LogP contribution is 2.55. The molecule has 3 atom stereocenters. The topological polar surface area (TPSA) is 89.3 Å². The molecule has 32 heavy (non-hydrogen) atoms. The van der Waals surface area contributed by atoms with Crippen molar-refractivity contribution in [3.05, 3.63) is 40.8 Å². The molecule has 0 bridgehead atoms. The van der Waals surface area contributed by atoms with E-state index in [9.17, 15) is 18.4 Å². The van der Waals surface area contributed by atoms with Crippen molar-refractivity contribution in [3.8, 4) is 0 Å². The van der Waals surface area contributed by atoms with Crippen molar-refractivity contribution >= 4 is 17.6 Å². The Kier molecular flexibility index (Phi) is 4.63. The van der Waals surface area contributed by atoms with Crippen LogP contribution in [-0.2, 0) is 28.3 Å². The van der Waals surface area contributed by atoms with Crippen LogP contribution in [0.4, 0.5) is 14.6 Å². The number of nitrogens with one attached hydrogen (secondary N) is 1. The minimum atomic E-state index is -2.72. The number of rotatable bonds is 4. The Labute approximate surface area is 183 Å². The van der Waals surface area contributed by atoms with E-state index in [2.05, 4.69) is 15.4 Å². The normalized spacial score (nSPS) is 28.2. The smallest absolute Gasteiger partial charge is 0.270 e. The number of likely N-dealkylation sites (N-methyl/N-ethyl adjacent to an activating group) is 1. The van der Waals surface area contributed by atoms with Crippen LogP contribution in [0.5, 0.6) is 0 Å². The standard InChI is InChI=1S/C22H25F2N5O3/c1-4-21(2)13-7-17(25-10-12(13)11-32-21)19(30)26-15-5-6-29-18(28(3)20(15)31)8-16(27-29)14-9-22(14,23)24/h7-8,10,14-15H,4-6,9,11H2,1-3H3,(H,26,30)/t14-,15?,21+/m0/s1. The number of hydrogen-bond acceptors (Lipinski definition) is 5. The van der Waals surface area contributed by atoms with E-state index in [1.807, 2.05) is 13.8 Å². The highest BCUT2D eigenvalue weighted by atomic mass is 19.3. The summed E-state index contributed by atoms with van der Waals surface area (Å²) in [5.74, 6) is -3.92. The number of amides is 2. The molecule has 2 aromatic heterocycles. The quantitative estimate of drug-likeness (QED) is 0.782. The zero-order valence-electron chi connectivity index (χ0n) is 18.2. The molecule has 1 fully saturated rings. The minimum Gasteiger partial charge on any atom is -0.366 e. The van der Waals surface area contributed by atoms with Gasteiger partial charge in [-0.3, -0.25) is 19.5 Å². The van der Waals surface area contributed by atoms with Gasteiger partial charge in [0.15, 0.2) is 0 Å². The van der Waals surface area contributed by atoms with Crippen LogP contribution in [0.25, 0.3) is 0 Å². The Bertz CT molecular complexity index is 1120. The van der Waals surface area contributed by atoms with E-state index < -0.39 is 29.4 Å². The van der Waals surface area contributed by atoms with Crippen molar-refractivity contribution in [1.29, 1.82) is 0 Å². The van der Waals surface area contributed by atoms with Crippen molar-refractivity contribution in [3.63, 3.8) is 0 Å². The molecule has 1 unspecified atom stereocenters. The Balaban J connectivity index is 1.32. The van der Waals surface area contributed by atoms with Gasteiger partial charge >= 0.3 is 0 Å². The molecule has 3 aliphatic rings. The number of aromatic nitrogens is 3. The first-order valence-electron chi connectivity index (χ1n) is 10.8. The maximum Gasteiger partial charge on any atom is 0.270 e. The Morgan fingerprint density at radius 1 is 1.38 bits per heavy atom. The second kappa shape index (κ2) is 7.06. The zero-order valence-corrected chi connectivity index (χ0v) is 18.2. The molecule has 0 radical (unpaired) electrons. The van der Waals surface area contributed by atoms with E-state index in [0.717, 1.165) is 17.5 Å². The third-order valence-electron chi connectivity index (χ3n) is 6.88. The van der Waals surface area contributed by atoms with Crippen molar-refractivity contribution in [2.75, 3.05) is 11.9 Å². The van der Waals surface area contributed by atoms with E-state index in [4.69, 9.17) is 4.74 Å². The van der Waals surface area contributed by atoms with E-state index in [0.29, 0.717) is 31.1 Å². The van der Waals surface area contributed by atoms with Gasteiger partial charge < -0.3 is 10.1 Å². The zero-order chi connectivity index (χ0) is 22.8. The van der Waals surface area contributed by atoms with Gasteiger partial charge in [0.1, 0.15) is 17.6 Å². The van der Waals surface area contributed by atoms with Gasteiger partial charge in [-0.1, -0.05) is 6.92 Å². The summed E-state index contributed by atoms with van der Waals surface area (Å²) in [4.78, 5) is 31.6. The van der Waals surface area contributed by atoms with Gasteiger partial charge in [-0.25, -0.2) is 13.5 Å². The number of aryl methyl sites for hydroxylation is 1. The van der Waals surface area contributed by atoms with Crippen molar-refractivity contribution in [2.45, 2.75) is 69.7 Å². The van der Waals surface area contributed by atoms with Crippen LogP contribution in [0, 0.1) is 0 Å². The number of carbonyl (C=O) groups excluding carboxylic acids is 2. The van der Waals surface area contributed by atoms with E-state index in [1.165, 1.54) is 4.90 Å². The lowest BCUT2D eigenvalue weighted by atomic mass is 9.92. The second-order valence-electron chi connectivity index (χ2n) is 8.98. The third kappa shape index (κ3) is 3.28. The molecule has 5 rings (SSSR count). The Hall–Kier alpha value is -2.88. The van der Waals surface area contributed by atoms with Crippen LogP contribution in [0.3, 0.4) is 0 Å². The summed E-state index contributed by atoms with van der Waals surface area (Å²) in [5.41, 5.74) is 1.96. The molecule has 8 nitrogen and oxygen atoms in total. The second-order valence-corrected chi connectivity index (χ2v) is 8.98. The molecular formula is C22H25F2N5O3. The molecule has 10 heteroatoms. The first-order valence-corrected chi connectivity index (χ1v) is 10.8. The number of ether oxygens (including phenoxy) is 1. The third-order valence-corrected chi connectivity index (χ3v) is 6.88. The average Bonchev–Trinajstić information content (AvgIpc) is 3.12. The summed E-state index contributed by atoms with van der Waals surface area (Å²) in [6.07, 6.45) is 2.49. The highest BCUT2D eigenvalue weighted by molar-refractivity contribution is 6.01. The van der Waals surface area contributed by atoms with Gasteiger partial charge in [-0.05, 0) is 31.4 Å². The first kappa shape index (κ1) is 21.0. The highest BCUT2D eigenvalue weighted by Gasteiger charge is 2.59. The molecule has 1 saturated carbocycles. The Morgan fingerprint density at radius 2 is 2.12 bits per heavy atom. The number of pyridine rings is 1. The molecule has 2 amide bonds. The number of halogens is 2. The van der Waals surface area contributed by atoms with Gasteiger partial charge in [0, 0.05) is 37.8 Å². The van der Waals surface area contributed by atoms with Crippen molar-refractivity contribution in [1.82, 2.24) is 20.1 Å². The van der Waals surface area contributed by atoms with Gasteiger partial charge in [-0.15, -0.1) is 0 Å². The summed E-state index contributed by atoms with van der Waals surface area (Å²) in [7, 11) is 1.56. The van der Waals surface area contributed by atoms with Gasteiger partial charge in [-0.2, -0.15) is 5.10 Å². The molecule has 170 valence electrons. The van der Waals surface area contributed by atoms with Gasteiger partial charge in [0.2, 0.25) is 0 Å². The number of hydrogen-bond donors (Lipinski definition) is 1. The largest absolute Gasteiger partial charge is 0.366 e. The fraction of sp³-hybridized carbons (Fsp3) is 0.545. The van der Waals surface area contributed by atoms with E-state index in [-0.39, 0.29) is 18.0 Å². The molecule has 0 aromatic carbocycles. The average molecular weight is 445 g/mol. The molecule has 0 spiro atoms. The molecule has 0 saturated heterocycles. The lowest BCUT2D eigenvalue weighted by Crippen LogP contribution is -2.47. The number of fused-ring (bicyclic) bond motifs is 2. The fourth-order valence-electron chi connectivity index (χ4n) is 4.48. The van der Waals surface area contributed by atoms with Crippen LogP contribution >= 0.6 is 0 Å². The lowest BCUT2D eigenvalue weighted by Gasteiger charge is -2.23. The SMILES string of the molecule is CC[C@@]1(C)OCc2cnc(C(=O)NC3CCn4nc([C@@H]5CC5(F)F)cc4N(C)C3=O)cc21. The minimum absolute atomic E-state index is 0.213. The van der Waals surface area contributed by atoms with Crippen LogP contribution in [0.15, 0.2) is 18.3 Å². The number of carbonyl (C=O) groups is 2. The summed E-state index contributed by atoms with van der Waals surface area (Å²) in [6, 6.07) is 2.50. The predicted molar refractivity (Wildman–Crippen MR) is 110 cm³/mol. The lowest BCUT2D eigenvalue weighted by molar-refractivity contribution is -0.120. The van der Waals surface area contributed by atoms with Crippen molar-refractivity contribution in [2.24, 2.45) is 0 Å². The molecule has 4 heterocycles. The van der Waals surface area contributed by atoms with E-state index >= 15 is 0 Å². The number of anilines is 1. The van der Waals surface area contributed by atoms with E-state index in [1.54, 1.807) is 30.1 Å². The summed E-state index contributed by atoms with van der Waals surface area (Å²) < 4.78 is 34.3.